The Kier molecular flexibility index (Phi) is 8.06. The molecular weight excluding hydrogens is 472 g/mol. The van der Waals surface area contributed by atoms with Gasteiger partial charge in [-0.25, -0.2) is 8.42 Å². The molecule has 2 aromatic rings. The molecule has 0 unspecified atom stereocenters. The number of amides is 1. The maximum atomic E-state index is 13.2. The van der Waals surface area contributed by atoms with Crippen molar-refractivity contribution in [3.63, 3.8) is 0 Å². The molecule has 33 heavy (non-hydrogen) atoms. The predicted octanol–water partition coefficient (Wildman–Crippen LogP) is 2.66. The summed E-state index contributed by atoms with van der Waals surface area (Å²) >= 11 is 6.21. The predicted molar refractivity (Wildman–Crippen MR) is 123 cm³/mol. The van der Waals surface area contributed by atoms with Gasteiger partial charge in [-0.15, -0.1) is 0 Å². The molecule has 1 saturated heterocycles. The molecule has 1 amide bonds. The van der Waals surface area contributed by atoms with Gasteiger partial charge in [0.1, 0.15) is 4.90 Å². The Hall–Kier alpha value is -2.53. The summed E-state index contributed by atoms with van der Waals surface area (Å²) in [6.07, 6.45) is 0. The van der Waals surface area contributed by atoms with Crippen LogP contribution in [0.3, 0.4) is 0 Å². The van der Waals surface area contributed by atoms with E-state index in [9.17, 15) is 13.2 Å². The average molecular weight is 499 g/mol. The number of nitrogens with zero attached hydrogens (tertiary/aromatic N) is 2. The fourth-order valence-corrected chi connectivity index (χ4v) is 5.50. The van der Waals surface area contributed by atoms with Crippen molar-refractivity contribution in [1.82, 2.24) is 9.21 Å². The fourth-order valence-electron chi connectivity index (χ4n) is 3.60. The molecule has 11 heteroatoms. The van der Waals surface area contributed by atoms with Gasteiger partial charge < -0.3 is 23.8 Å². The first-order valence-corrected chi connectivity index (χ1v) is 12.0. The molecule has 0 aliphatic carbocycles. The molecule has 1 aliphatic rings. The van der Waals surface area contributed by atoms with E-state index in [2.05, 4.69) is 0 Å². The second-order valence-corrected chi connectivity index (χ2v) is 9.63. The van der Waals surface area contributed by atoms with Crippen molar-refractivity contribution in [1.29, 1.82) is 0 Å². The number of carbonyl (C=O) groups is 1. The van der Waals surface area contributed by atoms with E-state index in [1.165, 1.54) is 48.7 Å². The third-order valence-electron chi connectivity index (χ3n) is 5.31. The summed E-state index contributed by atoms with van der Waals surface area (Å²) in [4.78, 5) is 14.5. The van der Waals surface area contributed by atoms with Crippen LogP contribution >= 0.6 is 11.6 Å². The van der Waals surface area contributed by atoms with Gasteiger partial charge in [0.05, 0.1) is 39.6 Å². The Morgan fingerprint density at radius 2 is 1.73 bits per heavy atom. The third-order valence-corrected chi connectivity index (χ3v) is 7.69. The summed E-state index contributed by atoms with van der Waals surface area (Å²) in [5.41, 5.74) is 0.898. The van der Waals surface area contributed by atoms with Crippen molar-refractivity contribution >= 4 is 27.5 Å². The number of hydrogen-bond donors (Lipinski definition) is 0. The molecule has 0 radical (unpaired) electrons. The van der Waals surface area contributed by atoms with Gasteiger partial charge in [-0.1, -0.05) is 11.6 Å². The molecule has 0 aromatic heterocycles. The van der Waals surface area contributed by atoms with E-state index in [-0.39, 0.29) is 41.0 Å². The van der Waals surface area contributed by atoms with Crippen molar-refractivity contribution in [3.8, 4) is 17.2 Å². The lowest BCUT2D eigenvalue weighted by molar-refractivity contribution is 0.0730. The van der Waals surface area contributed by atoms with Crippen LogP contribution in [0.1, 0.15) is 15.9 Å². The molecule has 2 aromatic carbocycles. The Morgan fingerprint density at radius 1 is 1.06 bits per heavy atom. The standard InChI is InChI=1S/C22H27ClN2O7S/c1-24(14-16-6-8-18(29-2)21(31-4)20(16)30-3)22(26)15-5-7-17(23)19(13-15)33(27,28)25-9-11-32-12-10-25/h5-8,13H,9-12,14H2,1-4H3. The molecule has 0 N–H and O–H groups in total. The first kappa shape index (κ1) is 25.1. The normalized spacial score (nSPS) is 14.6. The number of carbonyl (C=O) groups excluding carboxylic acids is 1. The van der Waals surface area contributed by atoms with E-state index in [1.807, 2.05) is 0 Å². The van der Waals surface area contributed by atoms with Crippen molar-refractivity contribution < 1.29 is 32.2 Å². The van der Waals surface area contributed by atoms with Crippen molar-refractivity contribution in [2.45, 2.75) is 11.4 Å². The van der Waals surface area contributed by atoms with Crippen LogP contribution < -0.4 is 14.2 Å². The van der Waals surface area contributed by atoms with Crippen LogP contribution in [0.15, 0.2) is 35.2 Å². The molecule has 0 bridgehead atoms. The zero-order chi connectivity index (χ0) is 24.2. The number of rotatable bonds is 8. The van der Waals surface area contributed by atoms with Gasteiger partial charge in [0.15, 0.2) is 11.5 Å². The number of morpholine rings is 1. The van der Waals surface area contributed by atoms with E-state index in [1.54, 1.807) is 19.2 Å². The SMILES string of the molecule is COc1ccc(CN(C)C(=O)c2ccc(Cl)c(S(=O)(=O)N3CCOCC3)c2)c(OC)c1OC. The quantitative estimate of drug-likeness (QED) is 0.552. The van der Waals surface area contributed by atoms with Gasteiger partial charge in [-0.05, 0) is 30.3 Å². The Balaban J connectivity index is 1.88. The molecule has 180 valence electrons. The van der Waals surface area contributed by atoms with Gasteiger partial charge in [0.25, 0.3) is 5.91 Å². The summed E-state index contributed by atoms with van der Waals surface area (Å²) in [6, 6.07) is 7.75. The number of hydrogen-bond acceptors (Lipinski definition) is 7. The zero-order valence-corrected chi connectivity index (χ0v) is 20.5. The van der Waals surface area contributed by atoms with Crippen LogP contribution in [0.5, 0.6) is 17.2 Å². The lowest BCUT2D eigenvalue weighted by Gasteiger charge is -2.26. The van der Waals surface area contributed by atoms with Crippen LogP contribution in [0.25, 0.3) is 0 Å². The summed E-state index contributed by atoms with van der Waals surface area (Å²) in [5, 5.41) is 0.0576. The minimum Gasteiger partial charge on any atom is -0.493 e. The first-order chi connectivity index (χ1) is 15.7. The Labute approximate surface area is 198 Å². The molecule has 1 aliphatic heterocycles. The molecule has 0 saturated carbocycles. The third kappa shape index (κ3) is 5.19. The van der Waals surface area contributed by atoms with Gasteiger partial charge in [0, 0.05) is 37.8 Å². The van der Waals surface area contributed by atoms with E-state index in [4.69, 9.17) is 30.5 Å². The Morgan fingerprint density at radius 3 is 2.33 bits per heavy atom. The topological polar surface area (TPSA) is 94.6 Å². The zero-order valence-electron chi connectivity index (χ0n) is 19.0. The number of ether oxygens (including phenoxy) is 4. The molecular formula is C22H27ClN2O7S. The molecule has 3 rings (SSSR count). The van der Waals surface area contributed by atoms with Crippen molar-refractivity contribution in [2.75, 3.05) is 54.7 Å². The Bertz CT molecular complexity index is 1120. The van der Waals surface area contributed by atoms with Gasteiger partial charge in [0.2, 0.25) is 15.8 Å². The molecule has 1 fully saturated rings. The highest BCUT2D eigenvalue weighted by molar-refractivity contribution is 7.89. The second-order valence-electron chi connectivity index (χ2n) is 7.32. The fraction of sp³-hybridized carbons (Fsp3) is 0.409. The smallest absolute Gasteiger partial charge is 0.253 e. The van der Waals surface area contributed by atoms with Crippen molar-refractivity contribution in [3.05, 3.63) is 46.5 Å². The lowest BCUT2D eigenvalue weighted by Crippen LogP contribution is -2.40. The van der Waals surface area contributed by atoms with Gasteiger partial charge in [-0.2, -0.15) is 4.31 Å². The van der Waals surface area contributed by atoms with Crippen molar-refractivity contribution in [2.24, 2.45) is 0 Å². The summed E-state index contributed by atoms with van der Waals surface area (Å²) in [7, 11) is 2.29. The number of halogens is 1. The number of sulfonamides is 1. The van der Waals surface area contributed by atoms with E-state index in [0.717, 1.165) is 0 Å². The maximum absolute atomic E-state index is 13.2. The van der Waals surface area contributed by atoms with Crippen LogP contribution in [0.4, 0.5) is 0 Å². The molecule has 0 spiro atoms. The van der Waals surface area contributed by atoms with E-state index < -0.39 is 10.0 Å². The van der Waals surface area contributed by atoms with Crippen LogP contribution in [-0.4, -0.2) is 78.2 Å². The van der Waals surface area contributed by atoms with Crippen LogP contribution in [0, 0.1) is 0 Å². The highest BCUT2D eigenvalue weighted by Crippen LogP contribution is 2.40. The summed E-state index contributed by atoms with van der Waals surface area (Å²) in [6.45, 7) is 1.28. The minimum atomic E-state index is -3.86. The second kappa shape index (κ2) is 10.6. The highest BCUT2D eigenvalue weighted by atomic mass is 35.5. The van der Waals surface area contributed by atoms with E-state index in [0.29, 0.717) is 36.0 Å². The maximum Gasteiger partial charge on any atom is 0.253 e. The first-order valence-electron chi connectivity index (χ1n) is 10.1. The van der Waals surface area contributed by atoms with E-state index >= 15 is 0 Å². The largest absolute Gasteiger partial charge is 0.493 e. The van der Waals surface area contributed by atoms with Crippen LogP contribution in [0.2, 0.25) is 5.02 Å². The van der Waals surface area contributed by atoms with Crippen LogP contribution in [-0.2, 0) is 21.3 Å². The lowest BCUT2D eigenvalue weighted by atomic mass is 10.1. The summed E-state index contributed by atoms with van der Waals surface area (Å²) < 4.78 is 48.9. The molecule has 1 heterocycles. The monoisotopic (exact) mass is 498 g/mol. The summed E-state index contributed by atoms with van der Waals surface area (Å²) in [5.74, 6) is 0.997. The number of benzene rings is 2. The molecule has 0 atom stereocenters. The number of methoxy groups -OCH3 is 3. The molecule has 9 nitrogen and oxygen atoms in total. The minimum absolute atomic E-state index is 0.0576. The average Bonchev–Trinajstić information content (AvgIpc) is 2.83. The highest BCUT2D eigenvalue weighted by Gasteiger charge is 2.29. The van der Waals surface area contributed by atoms with Gasteiger partial charge in [-0.3, -0.25) is 4.79 Å². The van der Waals surface area contributed by atoms with Gasteiger partial charge >= 0.3 is 0 Å².